The monoisotopic (exact) mass is 440 g/mol. The third kappa shape index (κ3) is 3.68. The molecule has 2 aliphatic heterocycles. The van der Waals surface area contributed by atoms with Gasteiger partial charge in [-0.3, -0.25) is 9.69 Å². The Labute approximate surface area is 196 Å². The fraction of sp³-hybridized carbons (Fsp3) is 0.429. The molecule has 1 saturated carbocycles. The lowest BCUT2D eigenvalue weighted by Gasteiger charge is -2.40. The molecule has 33 heavy (non-hydrogen) atoms. The molecule has 1 amide bonds. The van der Waals surface area contributed by atoms with E-state index in [-0.39, 0.29) is 11.9 Å². The molecule has 2 fully saturated rings. The number of aromatic nitrogens is 2. The number of carbonyl (C=O) groups excluding carboxylic acids is 1. The van der Waals surface area contributed by atoms with E-state index in [4.69, 9.17) is 5.10 Å². The molecule has 1 atom stereocenters. The van der Waals surface area contributed by atoms with Gasteiger partial charge in [-0.15, -0.1) is 0 Å². The summed E-state index contributed by atoms with van der Waals surface area (Å²) in [4.78, 5) is 18.7. The van der Waals surface area contributed by atoms with Gasteiger partial charge in [0.15, 0.2) is 0 Å². The van der Waals surface area contributed by atoms with E-state index in [2.05, 4.69) is 47.9 Å². The van der Waals surface area contributed by atoms with E-state index >= 15 is 0 Å². The van der Waals surface area contributed by atoms with E-state index in [9.17, 15) is 4.79 Å². The van der Waals surface area contributed by atoms with E-state index in [1.54, 1.807) is 0 Å². The third-order valence-electron chi connectivity index (χ3n) is 7.69. The highest BCUT2D eigenvalue weighted by Gasteiger charge is 2.51. The fourth-order valence-corrected chi connectivity index (χ4v) is 5.82. The number of piperidine rings is 1. The molecule has 1 saturated heterocycles. The SMILES string of the molecule is Cc1ccc(CN2CCC(N3C(=O)c4c(c(C)nn4-c4ccccc4)C3C3CC3)CC2)cc1. The predicted octanol–water partition coefficient (Wildman–Crippen LogP) is 5.06. The molecular weight excluding hydrogens is 408 g/mol. The van der Waals surface area contributed by atoms with Crippen molar-refractivity contribution in [3.63, 3.8) is 0 Å². The van der Waals surface area contributed by atoms with Crippen molar-refractivity contribution in [3.8, 4) is 5.69 Å². The van der Waals surface area contributed by atoms with Crippen LogP contribution in [0.2, 0.25) is 0 Å². The first-order chi connectivity index (χ1) is 16.1. The summed E-state index contributed by atoms with van der Waals surface area (Å²) in [5.74, 6) is 0.774. The highest BCUT2D eigenvalue weighted by atomic mass is 16.2. The van der Waals surface area contributed by atoms with Gasteiger partial charge in [0.1, 0.15) is 5.69 Å². The standard InChI is InChI=1S/C28H32N4O/c1-19-8-10-21(11-9-19)18-30-16-14-23(15-17-30)31-26(22-12-13-22)25-20(2)29-32(27(25)28(31)33)24-6-4-3-5-7-24/h3-11,22-23,26H,12-18H2,1-2H3. The Hall–Kier alpha value is -2.92. The number of aryl methyl sites for hydroxylation is 2. The average molecular weight is 441 g/mol. The topological polar surface area (TPSA) is 41.4 Å². The van der Waals surface area contributed by atoms with Gasteiger partial charge in [0, 0.05) is 31.2 Å². The van der Waals surface area contributed by atoms with Crippen LogP contribution < -0.4 is 0 Å². The Morgan fingerprint density at radius 2 is 1.61 bits per heavy atom. The van der Waals surface area contributed by atoms with Gasteiger partial charge in [0.2, 0.25) is 0 Å². The van der Waals surface area contributed by atoms with Crippen molar-refractivity contribution in [3.05, 3.63) is 82.7 Å². The number of hydrogen-bond donors (Lipinski definition) is 0. The molecule has 3 aromatic rings. The number of para-hydroxylation sites is 1. The van der Waals surface area contributed by atoms with Crippen LogP contribution in [0.3, 0.4) is 0 Å². The summed E-state index contributed by atoms with van der Waals surface area (Å²) in [5, 5.41) is 4.82. The molecule has 0 radical (unpaired) electrons. The zero-order chi connectivity index (χ0) is 22.5. The maximum atomic E-state index is 13.9. The van der Waals surface area contributed by atoms with Crippen molar-refractivity contribution in [1.82, 2.24) is 19.6 Å². The van der Waals surface area contributed by atoms with Gasteiger partial charge in [0.05, 0.1) is 17.4 Å². The largest absolute Gasteiger partial charge is 0.327 e. The summed E-state index contributed by atoms with van der Waals surface area (Å²) >= 11 is 0. The third-order valence-corrected chi connectivity index (χ3v) is 7.69. The summed E-state index contributed by atoms with van der Waals surface area (Å²) < 4.78 is 1.90. The summed E-state index contributed by atoms with van der Waals surface area (Å²) in [5.41, 5.74) is 6.65. The fourth-order valence-electron chi connectivity index (χ4n) is 5.82. The zero-order valence-electron chi connectivity index (χ0n) is 19.6. The van der Waals surface area contributed by atoms with Crippen LogP contribution in [-0.2, 0) is 6.54 Å². The minimum atomic E-state index is 0.184. The first-order valence-corrected chi connectivity index (χ1v) is 12.4. The van der Waals surface area contributed by atoms with Crippen molar-refractivity contribution in [2.24, 2.45) is 5.92 Å². The molecule has 0 N–H and O–H groups in total. The number of amides is 1. The molecule has 2 aromatic carbocycles. The molecule has 0 bridgehead atoms. The summed E-state index contributed by atoms with van der Waals surface area (Å²) in [6.45, 7) is 7.29. The average Bonchev–Trinajstić information content (AvgIpc) is 3.56. The van der Waals surface area contributed by atoms with Gasteiger partial charge >= 0.3 is 0 Å². The van der Waals surface area contributed by atoms with Crippen LogP contribution in [0.5, 0.6) is 0 Å². The maximum Gasteiger partial charge on any atom is 0.273 e. The lowest BCUT2D eigenvalue weighted by molar-refractivity contribution is 0.0448. The van der Waals surface area contributed by atoms with Crippen molar-refractivity contribution >= 4 is 5.91 Å². The highest BCUT2D eigenvalue weighted by molar-refractivity contribution is 5.99. The van der Waals surface area contributed by atoms with Crippen LogP contribution >= 0.6 is 0 Å². The number of hydrogen-bond acceptors (Lipinski definition) is 3. The molecule has 1 unspecified atom stereocenters. The number of nitrogens with zero attached hydrogens (tertiary/aromatic N) is 4. The second-order valence-electron chi connectivity index (χ2n) is 10.1. The Bertz CT molecular complexity index is 1150. The number of likely N-dealkylation sites (tertiary alicyclic amines) is 1. The van der Waals surface area contributed by atoms with E-state index in [1.807, 2.05) is 35.0 Å². The molecule has 5 nitrogen and oxygen atoms in total. The van der Waals surface area contributed by atoms with Crippen LogP contribution in [0, 0.1) is 19.8 Å². The van der Waals surface area contributed by atoms with Crippen molar-refractivity contribution in [2.75, 3.05) is 13.1 Å². The number of rotatable bonds is 5. The molecular formula is C28H32N4O. The van der Waals surface area contributed by atoms with Crippen LogP contribution in [0.4, 0.5) is 0 Å². The van der Waals surface area contributed by atoms with Gasteiger partial charge < -0.3 is 4.90 Å². The Morgan fingerprint density at radius 3 is 2.27 bits per heavy atom. The molecule has 1 aliphatic carbocycles. The molecule has 3 aliphatic rings. The highest BCUT2D eigenvalue weighted by Crippen LogP contribution is 2.52. The van der Waals surface area contributed by atoms with Gasteiger partial charge in [-0.1, -0.05) is 48.0 Å². The molecule has 6 rings (SSSR count). The van der Waals surface area contributed by atoms with Crippen LogP contribution in [-0.4, -0.2) is 44.6 Å². The maximum absolute atomic E-state index is 13.9. The second kappa shape index (κ2) is 8.14. The van der Waals surface area contributed by atoms with Crippen molar-refractivity contribution < 1.29 is 4.79 Å². The smallest absolute Gasteiger partial charge is 0.273 e. The lowest BCUT2D eigenvalue weighted by atomic mass is 9.98. The van der Waals surface area contributed by atoms with E-state index in [0.717, 1.165) is 49.6 Å². The normalized spacial score (nSPS) is 21.6. The molecule has 5 heteroatoms. The van der Waals surface area contributed by atoms with Crippen LogP contribution in [0.25, 0.3) is 5.69 Å². The number of fused-ring (bicyclic) bond motifs is 1. The Balaban J connectivity index is 1.24. The summed E-state index contributed by atoms with van der Waals surface area (Å²) in [6, 6.07) is 19.5. The first kappa shape index (κ1) is 20.7. The van der Waals surface area contributed by atoms with Crippen molar-refractivity contribution in [2.45, 2.75) is 58.2 Å². The minimum absolute atomic E-state index is 0.184. The minimum Gasteiger partial charge on any atom is -0.327 e. The number of benzene rings is 2. The van der Waals surface area contributed by atoms with Gasteiger partial charge in [-0.25, -0.2) is 4.68 Å². The lowest BCUT2D eigenvalue weighted by Crippen LogP contribution is -2.46. The number of carbonyl (C=O) groups is 1. The van der Waals surface area contributed by atoms with Gasteiger partial charge in [0.25, 0.3) is 5.91 Å². The summed E-state index contributed by atoms with van der Waals surface area (Å²) in [7, 11) is 0. The van der Waals surface area contributed by atoms with Crippen LogP contribution in [0.1, 0.15) is 64.6 Å². The Kier molecular flexibility index (Phi) is 5.10. The second-order valence-corrected chi connectivity index (χ2v) is 10.1. The summed E-state index contributed by atoms with van der Waals surface area (Å²) in [6.07, 6.45) is 4.53. The van der Waals surface area contributed by atoms with Gasteiger partial charge in [-0.2, -0.15) is 5.10 Å². The van der Waals surface area contributed by atoms with E-state index in [0.29, 0.717) is 12.0 Å². The molecule has 170 valence electrons. The predicted molar refractivity (Wildman–Crippen MR) is 129 cm³/mol. The van der Waals surface area contributed by atoms with E-state index in [1.165, 1.54) is 29.5 Å². The van der Waals surface area contributed by atoms with Crippen LogP contribution in [0.15, 0.2) is 54.6 Å². The quantitative estimate of drug-likeness (QED) is 0.557. The van der Waals surface area contributed by atoms with Crippen molar-refractivity contribution in [1.29, 1.82) is 0 Å². The van der Waals surface area contributed by atoms with Gasteiger partial charge in [-0.05, 0) is 63.1 Å². The molecule has 3 heterocycles. The van der Waals surface area contributed by atoms with E-state index < -0.39 is 0 Å². The molecule has 0 spiro atoms. The Morgan fingerprint density at radius 1 is 0.909 bits per heavy atom. The molecule has 1 aromatic heterocycles. The first-order valence-electron chi connectivity index (χ1n) is 12.4. The zero-order valence-corrected chi connectivity index (χ0v) is 19.6.